The van der Waals surface area contributed by atoms with Gasteiger partial charge in [0.05, 0.1) is 10.9 Å². The Hall–Kier alpha value is -3.08. The normalized spacial score (nSPS) is 10.8. The van der Waals surface area contributed by atoms with Gasteiger partial charge in [-0.1, -0.05) is 35.9 Å². The number of hydrogen-bond acceptors (Lipinski definition) is 3. The predicted octanol–water partition coefficient (Wildman–Crippen LogP) is 2.64. The number of nitrogen functional groups attached to an aromatic ring is 1. The zero-order valence-electron chi connectivity index (χ0n) is 12.6. The molecule has 0 unspecified atom stereocenters. The van der Waals surface area contributed by atoms with Crippen molar-refractivity contribution in [1.29, 1.82) is 0 Å². The number of aromatic carboxylic acids is 1. The lowest BCUT2D eigenvalue weighted by Crippen LogP contribution is -2.20. The summed E-state index contributed by atoms with van der Waals surface area (Å²) >= 11 is 0. The first-order chi connectivity index (χ1) is 11.0. The minimum atomic E-state index is -1.25. The molecule has 5 heteroatoms. The van der Waals surface area contributed by atoms with Crippen LogP contribution in [-0.2, 0) is 6.54 Å². The van der Waals surface area contributed by atoms with E-state index in [1.807, 2.05) is 31.2 Å². The van der Waals surface area contributed by atoms with Gasteiger partial charge >= 0.3 is 5.97 Å². The number of rotatable bonds is 3. The van der Waals surface area contributed by atoms with Gasteiger partial charge in [-0.25, -0.2) is 4.79 Å². The average molecular weight is 308 g/mol. The first-order valence-electron chi connectivity index (χ1n) is 7.18. The van der Waals surface area contributed by atoms with Crippen LogP contribution in [0.5, 0.6) is 0 Å². The van der Waals surface area contributed by atoms with Crippen molar-refractivity contribution in [1.82, 2.24) is 4.57 Å². The van der Waals surface area contributed by atoms with Crippen LogP contribution in [0.15, 0.2) is 53.5 Å². The maximum absolute atomic E-state index is 12.4. The van der Waals surface area contributed by atoms with Crippen LogP contribution in [0, 0.1) is 6.92 Å². The molecule has 5 nitrogen and oxygen atoms in total. The van der Waals surface area contributed by atoms with E-state index in [0.717, 1.165) is 11.1 Å². The number of nitrogens with zero attached hydrogens (tertiary/aromatic N) is 1. The highest BCUT2D eigenvalue weighted by Crippen LogP contribution is 2.19. The van der Waals surface area contributed by atoms with E-state index >= 15 is 0 Å². The molecular formula is C18H16N2O3. The van der Waals surface area contributed by atoms with Crippen LogP contribution >= 0.6 is 0 Å². The van der Waals surface area contributed by atoms with Crippen LogP contribution in [0.4, 0.5) is 5.69 Å². The van der Waals surface area contributed by atoms with Crippen LogP contribution < -0.4 is 11.2 Å². The van der Waals surface area contributed by atoms with E-state index < -0.39 is 11.4 Å². The van der Waals surface area contributed by atoms with Gasteiger partial charge in [0.15, 0.2) is 0 Å². The number of pyridine rings is 1. The van der Waals surface area contributed by atoms with E-state index in [9.17, 15) is 14.7 Å². The SMILES string of the molecule is Cc1ccc(Cn2cc(C(=O)O)c(=O)c3c(N)cccc32)cc1. The number of aromatic nitrogens is 1. The third-order valence-corrected chi connectivity index (χ3v) is 3.84. The molecule has 1 heterocycles. The number of carboxylic acid groups (broad SMARTS) is 1. The summed E-state index contributed by atoms with van der Waals surface area (Å²) in [6.45, 7) is 2.46. The predicted molar refractivity (Wildman–Crippen MR) is 89.9 cm³/mol. The molecule has 0 saturated heterocycles. The van der Waals surface area contributed by atoms with Gasteiger partial charge in [0.2, 0.25) is 5.43 Å². The second kappa shape index (κ2) is 5.61. The molecule has 0 amide bonds. The minimum Gasteiger partial charge on any atom is -0.477 e. The molecule has 0 aliphatic rings. The Morgan fingerprint density at radius 2 is 1.87 bits per heavy atom. The maximum Gasteiger partial charge on any atom is 0.341 e. The van der Waals surface area contributed by atoms with Gasteiger partial charge in [0.1, 0.15) is 5.56 Å². The van der Waals surface area contributed by atoms with Crippen molar-refractivity contribution in [2.45, 2.75) is 13.5 Å². The summed E-state index contributed by atoms with van der Waals surface area (Å²) in [5, 5.41) is 9.54. The Balaban J connectivity index is 2.25. The van der Waals surface area contributed by atoms with Crippen molar-refractivity contribution in [2.75, 3.05) is 5.73 Å². The highest BCUT2D eigenvalue weighted by atomic mass is 16.4. The number of aryl methyl sites for hydroxylation is 1. The van der Waals surface area contributed by atoms with E-state index in [4.69, 9.17) is 5.73 Å². The molecule has 0 aliphatic heterocycles. The molecule has 0 spiro atoms. The van der Waals surface area contributed by atoms with Crippen LogP contribution in [0.1, 0.15) is 21.5 Å². The summed E-state index contributed by atoms with van der Waals surface area (Å²) in [6, 6.07) is 13.1. The van der Waals surface area contributed by atoms with Crippen LogP contribution in [0.25, 0.3) is 10.9 Å². The summed E-state index contributed by atoms with van der Waals surface area (Å²) < 4.78 is 1.75. The van der Waals surface area contributed by atoms with Crippen molar-refractivity contribution in [2.24, 2.45) is 0 Å². The summed E-state index contributed by atoms with van der Waals surface area (Å²) in [7, 11) is 0. The number of benzene rings is 2. The van der Waals surface area contributed by atoms with E-state index in [1.165, 1.54) is 6.20 Å². The number of nitrogens with two attached hydrogens (primary N) is 1. The fourth-order valence-electron chi connectivity index (χ4n) is 2.64. The molecule has 0 bridgehead atoms. The van der Waals surface area contributed by atoms with Crippen molar-refractivity contribution < 1.29 is 9.90 Å². The molecule has 116 valence electrons. The molecule has 0 fully saturated rings. The van der Waals surface area contributed by atoms with E-state index in [0.29, 0.717) is 12.1 Å². The fraction of sp³-hybridized carbons (Fsp3) is 0.111. The first kappa shape index (κ1) is 14.8. The standard InChI is InChI=1S/C18H16N2O3/c1-11-5-7-12(8-6-11)9-20-10-13(18(22)23)17(21)16-14(19)3-2-4-15(16)20/h2-8,10H,9,19H2,1H3,(H,22,23). The third-order valence-electron chi connectivity index (χ3n) is 3.84. The highest BCUT2D eigenvalue weighted by molar-refractivity contribution is 5.97. The molecule has 3 N–H and O–H groups in total. The quantitative estimate of drug-likeness (QED) is 0.728. The molecule has 0 atom stereocenters. The lowest BCUT2D eigenvalue weighted by Gasteiger charge is -2.13. The van der Waals surface area contributed by atoms with Crippen molar-refractivity contribution in [3.05, 3.63) is 75.6 Å². The van der Waals surface area contributed by atoms with Gasteiger partial charge in [-0.3, -0.25) is 4.79 Å². The van der Waals surface area contributed by atoms with E-state index in [2.05, 4.69) is 0 Å². The molecule has 1 aromatic heterocycles. The van der Waals surface area contributed by atoms with Gasteiger partial charge in [0.25, 0.3) is 0 Å². The summed E-state index contributed by atoms with van der Waals surface area (Å²) in [5.74, 6) is -1.25. The van der Waals surface area contributed by atoms with Crippen LogP contribution in [0.3, 0.4) is 0 Å². The molecule has 2 aromatic carbocycles. The van der Waals surface area contributed by atoms with Crippen molar-refractivity contribution in [3.8, 4) is 0 Å². The van der Waals surface area contributed by atoms with Gasteiger partial charge < -0.3 is 15.4 Å². The zero-order valence-corrected chi connectivity index (χ0v) is 12.6. The fourth-order valence-corrected chi connectivity index (χ4v) is 2.64. The van der Waals surface area contributed by atoms with E-state index in [1.54, 1.807) is 22.8 Å². The summed E-state index contributed by atoms with van der Waals surface area (Å²) in [6.07, 6.45) is 1.38. The zero-order chi connectivity index (χ0) is 16.6. The van der Waals surface area contributed by atoms with E-state index in [-0.39, 0.29) is 16.6 Å². The first-order valence-corrected chi connectivity index (χ1v) is 7.18. The number of anilines is 1. The second-order valence-electron chi connectivity index (χ2n) is 5.53. The maximum atomic E-state index is 12.4. The number of carboxylic acids is 1. The Morgan fingerprint density at radius 3 is 2.52 bits per heavy atom. The number of carbonyl (C=O) groups is 1. The highest BCUT2D eigenvalue weighted by Gasteiger charge is 2.16. The molecule has 23 heavy (non-hydrogen) atoms. The number of hydrogen-bond donors (Lipinski definition) is 2. The monoisotopic (exact) mass is 308 g/mol. The van der Waals surface area contributed by atoms with Crippen LogP contribution in [-0.4, -0.2) is 15.6 Å². The van der Waals surface area contributed by atoms with Crippen molar-refractivity contribution >= 4 is 22.6 Å². The summed E-state index contributed by atoms with van der Waals surface area (Å²) in [5.41, 5.74) is 8.15. The minimum absolute atomic E-state index is 0.250. The average Bonchev–Trinajstić information content (AvgIpc) is 2.51. The second-order valence-corrected chi connectivity index (χ2v) is 5.53. The molecule has 0 saturated carbocycles. The summed E-state index contributed by atoms with van der Waals surface area (Å²) in [4.78, 5) is 23.7. The molecule has 0 aliphatic carbocycles. The third kappa shape index (κ3) is 2.68. The molecule has 3 rings (SSSR count). The largest absolute Gasteiger partial charge is 0.477 e. The Morgan fingerprint density at radius 1 is 1.17 bits per heavy atom. The lowest BCUT2D eigenvalue weighted by molar-refractivity contribution is 0.0695. The van der Waals surface area contributed by atoms with Gasteiger partial charge in [-0.2, -0.15) is 0 Å². The van der Waals surface area contributed by atoms with Crippen molar-refractivity contribution in [3.63, 3.8) is 0 Å². The topological polar surface area (TPSA) is 85.3 Å². The van der Waals surface area contributed by atoms with Gasteiger partial charge in [-0.15, -0.1) is 0 Å². The molecular weight excluding hydrogens is 292 g/mol. The Kier molecular flexibility index (Phi) is 3.62. The van der Waals surface area contributed by atoms with Gasteiger partial charge in [0, 0.05) is 18.4 Å². The lowest BCUT2D eigenvalue weighted by atomic mass is 10.1. The Bertz CT molecular complexity index is 956. The van der Waals surface area contributed by atoms with Gasteiger partial charge in [-0.05, 0) is 24.6 Å². The molecule has 3 aromatic rings. The molecule has 0 radical (unpaired) electrons. The van der Waals surface area contributed by atoms with Crippen LogP contribution in [0.2, 0.25) is 0 Å². The Labute approximate surface area is 132 Å². The smallest absolute Gasteiger partial charge is 0.341 e. The number of fused-ring (bicyclic) bond motifs is 1.